The molecule has 0 aliphatic rings. The van der Waals surface area contributed by atoms with Crippen LogP contribution in [0.2, 0.25) is 0 Å². The van der Waals surface area contributed by atoms with Crippen LogP contribution in [0.25, 0.3) is 0 Å². The van der Waals surface area contributed by atoms with Crippen molar-refractivity contribution in [2.24, 2.45) is 5.92 Å². The van der Waals surface area contributed by atoms with Crippen molar-refractivity contribution in [3.8, 4) is 0 Å². The summed E-state index contributed by atoms with van der Waals surface area (Å²) >= 11 is 0. The topological polar surface area (TPSA) is 63.1 Å². The third-order valence-electron chi connectivity index (χ3n) is 1.98. The number of Topliss-reactive ketones (excluding diaryl/α,β-unsaturated/α-hetero) is 1. The van der Waals surface area contributed by atoms with Crippen LogP contribution in [0.4, 0.5) is 0 Å². The van der Waals surface area contributed by atoms with Gasteiger partial charge >= 0.3 is 0 Å². The first-order valence-electron chi connectivity index (χ1n) is 4.81. The van der Waals surface area contributed by atoms with Crippen LogP contribution in [0.15, 0.2) is 15.4 Å². The van der Waals surface area contributed by atoms with Gasteiger partial charge in [0.15, 0.2) is 0 Å². The highest BCUT2D eigenvalue weighted by Crippen LogP contribution is 2.09. The molecule has 1 N–H and O–H groups in total. The number of rotatable bonds is 5. The van der Waals surface area contributed by atoms with Crippen molar-refractivity contribution < 1.29 is 9.32 Å². The normalized spacial score (nSPS) is 10.8. The second kappa shape index (κ2) is 4.79. The summed E-state index contributed by atoms with van der Waals surface area (Å²) in [5.41, 5.74) is -0.364. The molecule has 0 spiro atoms. The number of aromatic amines is 1. The van der Waals surface area contributed by atoms with Gasteiger partial charge in [-0.1, -0.05) is 20.3 Å². The van der Waals surface area contributed by atoms with Gasteiger partial charge in [0.2, 0.25) is 11.5 Å². The Labute approximate surface area is 82.3 Å². The quantitative estimate of drug-likeness (QED) is 0.734. The van der Waals surface area contributed by atoms with E-state index in [2.05, 4.69) is 19.0 Å². The van der Waals surface area contributed by atoms with E-state index in [4.69, 9.17) is 4.52 Å². The largest absolute Gasteiger partial charge is 0.375 e. The second-order valence-corrected chi connectivity index (χ2v) is 3.79. The van der Waals surface area contributed by atoms with Crippen molar-refractivity contribution in [3.05, 3.63) is 22.2 Å². The molecule has 1 rings (SSSR count). The predicted molar refractivity (Wildman–Crippen MR) is 52.3 cm³/mol. The summed E-state index contributed by atoms with van der Waals surface area (Å²) in [7, 11) is 0. The fourth-order valence-electron chi connectivity index (χ4n) is 1.21. The van der Waals surface area contributed by atoms with Gasteiger partial charge in [0.05, 0.1) is 6.07 Å². The van der Waals surface area contributed by atoms with Crippen molar-refractivity contribution in [1.29, 1.82) is 0 Å². The van der Waals surface area contributed by atoms with Crippen molar-refractivity contribution in [2.45, 2.75) is 33.1 Å². The van der Waals surface area contributed by atoms with E-state index in [0.29, 0.717) is 12.3 Å². The Morgan fingerprint density at radius 1 is 1.57 bits per heavy atom. The SMILES string of the molecule is CC(C)CCCC(=O)c1cc(=O)[nH]o1. The standard InChI is InChI=1S/C10H15NO3/c1-7(2)4-3-5-8(12)9-6-10(13)11-14-9/h6-7H,3-5H2,1-2H3,(H,11,13). The van der Waals surface area contributed by atoms with E-state index in [1.54, 1.807) is 0 Å². The monoisotopic (exact) mass is 197 g/mol. The van der Waals surface area contributed by atoms with E-state index in [-0.39, 0.29) is 17.1 Å². The van der Waals surface area contributed by atoms with Gasteiger partial charge in [-0.3, -0.25) is 9.59 Å². The smallest absolute Gasteiger partial charge is 0.280 e. The third kappa shape index (κ3) is 3.20. The molecular formula is C10H15NO3. The maximum absolute atomic E-state index is 11.4. The van der Waals surface area contributed by atoms with E-state index < -0.39 is 0 Å². The molecule has 4 heteroatoms. The maximum atomic E-state index is 11.4. The van der Waals surface area contributed by atoms with E-state index in [1.165, 1.54) is 6.07 Å². The van der Waals surface area contributed by atoms with Crippen molar-refractivity contribution in [1.82, 2.24) is 5.16 Å². The van der Waals surface area contributed by atoms with Crippen LogP contribution in [0.1, 0.15) is 43.7 Å². The first-order valence-corrected chi connectivity index (χ1v) is 4.81. The Morgan fingerprint density at radius 2 is 2.29 bits per heavy atom. The lowest BCUT2D eigenvalue weighted by atomic mass is 10.0. The fourth-order valence-corrected chi connectivity index (χ4v) is 1.21. The molecule has 0 aromatic carbocycles. The summed E-state index contributed by atoms with van der Waals surface area (Å²) in [6.45, 7) is 4.22. The van der Waals surface area contributed by atoms with Gasteiger partial charge in [0.25, 0.3) is 5.56 Å². The van der Waals surface area contributed by atoms with Gasteiger partial charge in [-0.2, -0.15) is 5.16 Å². The number of carbonyl (C=O) groups excluding carboxylic acids is 1. The highest BCUT2D eigenvalue weighted by molar-refractivity contribution is 5.93. The number of hydrogen-bond donors (Lipinski definition) is 1. The molecule has 4 nitrogen and oxygen atoms in total. The van der Waals surface area contributed by atoms with Crippen LogP contribution in [0.3, 0.4) is 0 Å². The van der Waals surface area contributed by atoms with Gasteiger partial charge in [0, 0.05) is 6.42 Å². The lowest BCUT2D eigenvalue weighted by Gasteiger charge is -2.01. The molecule has 0 bridgehead atoms. The Hall–Kier alpha value is -1.32. The minimum atomic E-state index is -0.364. The Kier molecular flexibility index (Phi) is 3.68. The number of nitrogens with one attached hydrogen (secondary N) is 1. The van der Waals surface area contributed by atoms with E-state index in [9.17, 15) is 9.59 Å². The van der Waals surface area contributed by atoms with Crippen LogP contribution >= 0.6 is 0 Å². The Balaban J connectivity index is 2.40. The molecule has 0 unspecified atom stereocenters. The molecule has 0 saturated heterocycles. The molecule has 0 fully saturated rings. The molecule has 0 aliphatic heterocycles. The summed E-state index contributed by atoms with van der Waals surface area (Å²) < 4.78 is 4.70. The molecule has 0 saturated carbocycles. The zero-order valence-electron chi connectivity index (χ0n) is 8.50. The van der Waals surface area contributed by atoms with Gasteiger partial charge in [0.1, 0.15) is 0 Å². The van der Waals surface area contributed by atoms with E-state index in [0.717, 1.165) is 12.8 Å². The lowest BCUT2D eigenvalue weighted by molar-refractivity contribution is 0.0942. The van der Waals surface area contributed by atoms with Gasteiger partial charge in [-0.15, -0.1) is 0 Å². The summed E-state index contributed by atoms with van der Waals surface area (Å²) in [6, 6.07) is 1.19. The highest BCUT2D eigenvalue weighted by atomic mass is 16.5. The van der Waals surface area contributed by atoms with E-state index in [1.807, 2.05) is 0 Å². The number of aromatic nitrogens is 1. The molecular weight excluding hydrogens is 182 g/mol. The Morgan fingerprint density at radius 3 is 2.79 bits per heavy atom. The van der Waals surface area contributed by atoms with Crippen LogP contribution in [-0.4, -0.2) is 10.9 Å². The van der Waals surface area contributed by atoms with Gasteiger partial charge < -0.3 is 4.52 Å². The summed E-state index contributed by atoms with van der Waals surface area (Å²) in [5, 5.41) is 2.10. The highest BCUT2D eigenvalue weighted by Gasteiger charge is 2.10. The Bertz CT molecular complexity index is 348. The third-order valence-corrected chi connectivity index (χ3v) is 1.98. The zero-order chi connectivity index (χ0) is 10.6. The fraction of sp³-hybridized carbons (Fsp3) is 0.600. The minimum Gasteiger partial charge on any atom is -0.375 e. The summed E-state index contributed by atoms with van der Waals surface area (Å²) in [4.78, 5) is 22.1. The van der Waals surface area contributed by atoms with Gasteiger partial charge in [-0.05, 0) is 12.3 Å². The van der Waals surface area contributed by atoms with Gasteiger partial charge in [-0.25, -0.2) is 0 Å². The molecule has 0 amide bonds. The van der Waals surface area contributed by atoms with Crippen molar-refractivity contribution >= 4 is 5.78 Å². The van der Waals surface area contributed by atoms with Crippen LogP contribution in [0, 0.1) is 5.92 Å². The van der Waals surface area contributed by atoms with Crippen molar-refractivity contribution in [3.63, 3.8) is 0 Å². The molecule has 14 heavy (non-hydrogen) atoms. The average Bonchev–Trinajstić information content (AvgIpc) is 2.51. The zero-order valence-corrected chi connectivity index (χ0v) is 8.50. The molecule has 1 aromatic heterocycles. The molecule has 78 valence electrons. The summed E-state index contributed by atoms with van der Waals surface area (Å²) in [5.74, 6) is 0.629. The number of carbonyl (C=O) groups is 1. The average molecular weight is 197 g/mol. The van der Waals surface area contributed by atoms with Crippen LogP contribution < -0.4 is 5.56 Å². The lowest BCUT2D eigenvalue weighted by Crippen LogP contribution is -1.99. The molecule has 1 aromatic rings. The molecule has 0 aliphatic carbocycles. The number of hydrogen-bond acceptors (Lipinski definition) is 3. The molecule has 1 heterocycles. The van der Waals surface area contributed by atoms with Crippen LogP contribution in [-0.2, 0) is 0 Å². The van der Waals surface area contributed by atoms with Crippen LogP contribution in [0.5, 0.6) is 0 Å². The predicted octanol–water partition coefficient (Wildman–Crippen LogP) is 1.98. The summed E-state index contributed by atoms with van der Waals surface area (Å²) in [6.07, 6.45) is 2.30. The second-order valence-electron chi connectivity index (χ2n) is 3.79. The van der Waals surface area contributed by atoms with E-state index >= 15 is 0 Å². The minimum absolute atomic E-state index is 0.107. The number of H-pyrrole nitrogens is 1. The first kappa shape index (κ1) is 10.8. The molecule has 0 atom stereocenters. The number of ketones is 1. The van der Waals surface area contributed by atoms with Crippen molar-refractivity contribution in [2.75, 3.05) is 0 Å². The first-order chi connectivity index (χ1) is 6.59. The maximum Gasteiger partial charge on any atom is 0.280 e. The molecule has 0 radical (unpaired) electrons.